The molecule has 0 saturated carbocycles. The molecule has 0 fully saturated rings. The predicted octanol–water partition coefficient (Wildman–Crippen LogP) is 4.83. The van der Waals surface area contributed by atoms with Gasteiger partial charge < -0.3 is 15.4 Å². The van der Waals surface area contributed by atoms with Crippen molar-refractivity contribution in [2.45, 2.75) is 6.54 Å². The van der Waals surface area contributed by atoms with Gasteiger partial charge >= 0.3 is 5.97 Å². The molecule has 7 heteroatoms. The third-order valence-electron chi connectivity index (χ3n) is 3.82. The molecule has 0 unspecified atom stereocenters. The molecule has 0 aliphatic rings. The summed E-state index contributed by atoms with van der Waals surface area (Å²) in [7, 11) is 1.33. The fraction of sp³-hybridized carbons (Fsp3) is 0.100. The predicted molar refractivity (Wildman–Crippen MR) is 111 cm³/mol. The standard InChI is InChI=1S/C20H17FN2O2S2/c1-25-19(24)15-11-17(13-7-3-2-4-8-13)27-18(15)23-20(26)22-12-14-9-5-6-10-16(14)21/h2-11H,12H2,1H3,(H2,22,23,26). The average molecular weight is 401 g/mol. The molecule has 4 nitrogen and oxygen atoms in total. The van der Waals surface area contributed by atoms with Gasteiger partial charge in [-0.25, -0.2) is 9.18 Å². The zero-order chi connectivity index (χ0) is 19.2. The lowest BCUT2D eigenvalue weighted by molar-refractivity contribution is 0.0602. The quantitative estimate of drug-likeness (QED) is 0.475. The Bertz CT molecular complexity index is 958. The van der Waals surface area contributed by atoms with Gasteiger partial charge in [0.1, 0.15) is 10.8 Å². The molecule has 0 amide bonds. The van der Waals surface area contributed by atoms with Crippen molar-refractivity contribution >= 4 is 39.6 Å². The molecule has 0 aliphatic heterocycles. The zero-order valence-corrected chi connectivity index (χ0v) is 16.1. The number of ether oxygens (including phenoxy) is 1. The van der Waals surface area contributed by atoms with Gasteiger partial charge in [-0.1, -0.05) is 48.5 Å². The number of thiocarbonyl (C=S) groups is 1. The van der Waals surface area contributed by atoms with Crippen LogP contribution in [-0.2, 0) is 11.3 Å². The van der Waals surface area contributed by atoms with E-state index in [1.807, 2.05) is 30.3 Å². The molecule has 0 radical (unpaired) electrons. The molecule has 0 aliphatic carbocycles. The van der Waals surface area contributed by atoms with Gasteiger partial charge in [0.15, 0.2) is 5.11 Å². The Balaban J connectivity index is 1.76. The smallest absolute Gasteiger partial charge is 0.340 e. The number of anilines is 1. The first kappa shape index (κ1) is 19.0. The van der Waals surface area contributed by atoms with Crippen molar-refractivity contribution in [3.8, 4) is 10.4 Å². The number of esters is 1. The van der Waals surface area contributed by atoms with Crippen LogP contribution in [0.25, 0.3) is 10.4 Å². The van der Waals surface area contributed by atoms with Crippen LogP contribution in [0.5, 0.6) is 0 Å². The summed E-state index contributed by atoms with van der Waals surface area (Å²) in [6.45, 7) is 0.239. The van der Waals surface area contributed by atoms with Gasteiger partial charge in [-0.2, -0.15) is 0 Å². The molecule has 0 saturated heterocycles. The maximum absolute atomic E-state index is 13.7. The van der Waals surface area contributed by atoms with Crippen LogP contribution in [0.1, 0.15) is 15.9 Å². The van der Waals surface area contributed by atoms with Gasteiger partial charge in [-0.05, 0) is 29.9 Å². The van der Waals surface area contributed by atoms with Crippen LogP contribution in [0.3, 0.4) is 0 Å². The molecule has 1 aromatic heterocycles. The Hall–Kier alpha value is -2.77. The second kappa shape index (κ2) is 8.75. The van der Waals surface area contributed by atoms with Crippen LogP contribution in [0.2, 0.25) is 0 Å². The Labute approximate surface area is 166 Å². The summed E-state index contributed by atoms with van der Waals surface area (Å²) in [5, 5.41) is 6.85. The van der Waals surface area contributed by atoms with E-state index in [9.17, 15) is 9.18 Å². The number of thiophene rings is 1. The summed E-state index contributed by atoms with van der Waals surface area (Å²) in [5.74, 6) is -0.752. The van der Waals surface area contributed by atoms with Crippen molar-refractivity contribution in [3.63, 3.8) is 0 Å². The van der Waals surface area contributed by atoms with Gasteiger partial charge in [0.05, 0.1) is 12.7 Å². The summed E-state index contributed by atoms with van der Waals surface area (Å²) in [5.41, 5.74) is 1.90. The van der Waals surface area contributed by atoms with Crippen molar-refractivity contribution in [2.24, 2.45) is 0 Å². The summed E-state index contributed by atoms with van der Waals surface area (Å²) >= 11 is 6.69. The van der Waals surface area contributed by atoms with E-state index in [4.69, 9.17) is 17.0 Å². The summed E-state index contributed by atoms with van der Waals surface area (Å²) in [6.07, 6.45) is 0. The Morgan fingerprint density at radius 3 is 2.56 bits per heavy atom. The molecular weight excluding hydrogens is 383 g/mol. The fourth-order valence-corrected chi connectivity index (χ4v) is 3.75. The lowest BCUT2D eigenvalue weighted by atomic mass is 10.1. The highest BCUT2D eigenvalue weighted by Crippen LogP contribution is 2.35. The first-order valence-electron chi connectivity index (χ1n) is 8.14. The van der Waals surface area contributed by atoms with Gasteiger partial charge in [0, 0.05) is 17.0 Å². The van der Waals surface area contributed by atoms with E-state index < -0.39 is 5.97 Å². The highest BCUT2D eigenvalue weighted by molar-refractivity contribution is 7.80. The average Bonchev–Trinajstić information content (AvgIpc) is 3.11. The van der Waals surface area contributed by atoms with Crippen LogP contribution < -0.4 is 10.6 Å². The van der Waals surface area contributed by atoms with Crippen LogP contribution in [0.4, 0.5) is 9.39 Å². The minimum Gasteiger partial charge on any atom is -0.465 e. The van der Waals surface area contributed by atoms with E-state index in [1.54, 1.807) is 24.3 Å². The first-order valence-corrected chi connectivity index (χ1v) is 9.37. The normalized spacial score (nSPS) is 10.3. The van der Waals surface area contributed by atoms with Crippen LogP contribution in [0, 0.1) is 5.82 Å². The van der Waals surface area contributed by atoms with E-state index in [-0.39, 0.29) is 12.4 Å². The Kier molecular flexibility index (Phi) is 6.16. The molecule has 2 N–H and O–H groups in total. The van der Waals surface area contributed by atoms with Crippen molar-refractivity contribution in [3.05, 3.63) is 77.6 Å². The molecule has 2 aromatic carbocycles. The van der Waals surface area contributed by atoms with Crippen LogP contribution >= 0.6 is 23.6 Å². The molecule has 3 rings (SSSR count). The number of halogens is 1. The summed E-state index contributed by atoms with van der Waals surface area (Å²) in [4.78, 5) is 13.0. The highest BCUT2D eigenvalue weighted by atomic mass is 32.1. The molecule has 138 valence electrons. The zero-order valence-electron chi connectivity index (χ0n) is 14.5. The molecule has 3 aromatic rings. The number of hydrogen-bond donors (Lipinski definition) is 2. The fourth-order valence-electron chi connectivity index (χ4n) is 2.45. The maximum Gasteiger partial charge on any atom is 0.340 e. The van der Waals surface area contributed by atoms with Crippen LogP contribution in [0.15, 0.2) is 60.7 Å². The van der Waals surface area contributed by atoms with E-state index >= 15 is 0 Å². The van der Waals surface area contributed by atoms with Crippen molar-refractivity contribution in [2.75, 3.05) is 12.4 Å². The number of benzene rings is 2. The highest BCUT2D eigenvalue weighted by Gasteiger charge is 2.18. The van der Waals surface area contributed by atoms with E-state index in [1.165, 1.54) is 24.5 Å². The minimum atomic E-state index is -0.451. The SMILES string of the molecule is COC(=O)c1cc(-c2ccccc2)sc1NC(=S)NCc1ccccc1F. The number of carbonyl (C=O) groups is 1. The van der Waals surface area contributed by atoms with Crippen LogP contribution in [-0.4, -0.2) is 18.2 Å². The van der Waals surface area contributed by atoms with Crippen molar-refractivity contribution < 1.29 is 13.9 Å². The van der Waals surface area contributed by atoms with Crippen molar-refractivity contribution in [1.82, 2.24) is 5.32 Å². The van der Waals surface area contributed by atoms with E-state index in [2.05, 4.69) is 10.6 Å². The third kappa shape index (κ3) is 4.69. The number of nitrogens with one attached hydrogen (secondary N) is 2. The maximum atomic E-state index is 13.7. The number of carbonyl (C=O) groups excluding carboxylic acids is 1. The van der Waals surface area contributed by atoms with Gasteiger partial charge in [-0.3, -0.25) is 0 Å². The van der Waals surface area contributed by atoms with Gasteiger partial charge in [0.2, 0.25) is 0 Å². The van der Waals surface area contributed by atoms with Crippen molar-refractivity contribution in [1.29, 1.82) is 0 Å². The Morgan fingerprint density at radius 2 is 1.85 bits per heavy atom. The second-order valence-electron chi connectivity index (χ2n) is 5.61. The van der Waals surface area contributed by atoms with E-state index in [0.717, 1.165) is 10.4 Å². The Morgan fingerprint density at radius 1 is 1.15 bits per heavy atom. The summed E-state index contributed by atoms with van der Waals surface area (Å²) < 4.78 is 18.6. The molecule has 1 heterocycles. The minimum absolute atomic E-state index is 0.239. The second-order valence-corrected chi connectivity index (χ2v) is 7.07. The van der Waals surface area contributed by atoms with Gasteiger partial charge in [0.25, 0.3) is 0 Å². The molecular formula is C20H17FN2O2S2. The lowest BCUT2D eigenvalue weighted by Gasteiger charge is -2.10. The molecule has 0 bridgehead atoms. The van der Waals surface area contributed by atoms with Gasteiger partial charge in [-0.15, -0.1) is 11.3 Å². The topological polar surface area (TPSA) is 50.4 Å². The summed E-state index contributed by atoms with van der Waals surface area (Å²) in [6, 6.07) is 18.0. The number of methoxy groups -OCH3 is 1. The number of rotatable bonds is 5. The largest absolute Gasteiger partial charge is 0.465 e. The monoisotopic (exact) mass is 400 g/mol. The third-order valence-corrected chi connectivity index (χ3v) is 5.17. The first-order chi connectivity index (χ1) is 13.1. The molecule has 0 spiro atoms. The molecule has 0 atom stereocenters. The lowest BCUT2D eigenvalue weighted by Crippen LogP contribution is -2.28. The number of hydrogen-bond acceptors (Lipinski definition) is 4. The molecule has 27 heavy (non-hydrogen) atoms. The van der Waals surface area contributed by atoms with E-state index in [0.29, 0.717) is 21.2 Å².